The first-order valence-corrected chi connectivity index (χ1v) is 8.28. The SMILES string of the molecule is CCN(CC)C(=O)CSCC(=O)Nc1sccc1C#N. The molecule has 108 valence electrons. The Bertz CT molecular complexity index is 504. The zero-order valence-electron chi connectivity index (χ0n) is 11.5. The average Bonchev–Trinajstić information content (AvgIpc) is 2.87. The lowest BCUT2D eigenvalue weighted by molar-refractivity contribution is -0.127. The summed E-state index contributed by atoms with van der Waals surface area (Å²) in [4.78, 5) is 25.2. The van der Waals surface area contributed by atoms with E-state index < -0.39 is 0 Å². The van der Waals surface area contributed by atoms with Crippen molar-refractivity contribution in [3.63, 3.8) is 0 Å². The molecule has 0 atom stereocenters. The molecular weight excluding hydrogens is 294 g/mol. The maximum Gasteiger partial charge on any atom is 0.235 e. The van der Waals surface area contributed by atoms with Gasteiger partial charge in [-0.25, -0.2) is 0 Å². The van der Waals surface area contributed by atoms with Crippen molar-refractivity contribution >= 4 is 39.9 Å². The number of nitrogens with one attached hydrogen (secondary N) is 1. The molecule has 0 aliphatic heterocycles. The van der Waals surface area contributed by atoms with Crippen LogP contribution in [0.3, 0.4) is 0 Å². The molecule has 0 bridgehead atoms. The van der Waals surface area contributed by atoms with Gasteiger partial charge in [-0.05, 0) is 25.3 Å². The second kappa shape index (κ2) is 8.61. The maximum absolute atomic E-state index is 11.7. The van der Waals surface area contributed by atoms with Crippen LogP contribution in [-0.4, -0.2) is 41.3 Å². The summed E-state index contributed by atoms with van der Waals surface area (Å²) in [5.74, 6) is 0.350. The first kappa shape index (κ1) is 16.5. The van der Waals surface area contributed by atoms with Gasteiger partial charge in [0.2, 0.25) is 11.8 Å². The number of nitriles is 1. The van der Waals surface area contributed by atoms with E-state index in [1.54, 1.807) is 16.3 Å². The zero-order valence-corrected chi connectivity index (χ0v) is 13.1. The summed E-state index contributed by atoms with van der Waals surface area (Å²) in [5, 5.41) is 13.8. The summed E-state index contributed by atoms with van der Waals surface area (Å²) in [7, 11) is 0. The Morgan fingerprint density at radius 2 is 2.10 bits per heavy atom. The fraction of sp³-hybridized carbons (Fsp3) is 0.462. The Morgan fingerprint density at radius 3 is 2.70 bits per heavy atom. The van der Waals surface area contributed by atoms with E-state index in [9.17, 15) is 9.59 Å². The van der Waals surface area contributed by atoms with Crippen LogP contribution in [0.2, 0.25) is 0 Å². The summed E-state index contributed by atoms with van der Waals surface area (Å²) >= 11 is 2.60. The molecule has 0 aliphatic rings. The molecule has 20 heavy (non-hydrogen) atoms. The van der Waals surface area contributed by atoms with Crippen molar-refractivity contribution in [3.8, 4) is 6.07 Å². The summed E-state index contributed by atoms with van der Waals surface area (Å²) in [5.41, 5.74) is 0.465. The molecule has 0 unspecified atom stereocenters. The van der Waals surface area contributed by atoms with Gasteiger partial charge in [-0.2, -0.15) is 5.26 Å². The normalized spacial score (nSPS) is 9.85. The average molecular weight is 311 g/mol. The Labute approximate surface area is 127 Å². The Balaban J connectivity index is 2.34. The molecule has 0 radical (unpaired) electrons. The van der Waals surface area contributed by atoms with E-state index in [2.05, 4.69) is 5.32 Å². The second-order valence-electron chi connectivity index (χ2n) is 3.88. The molecule has 1 N–H and O–H groups in total. The molecular formula is C13H17N3O2S2. The van der Waals surface area contributed by atoms with Crippen molar-refractivity contribution in [1.82, 2.24) is 4.90 Å². The summed E-state index contributed by atoms with van der Waals surface area (Å²) < 4.78 is 0. The largest absolute Gasteiger partial charge is 0.343 e. The molecule has 1 heterocycles. The summed E-state index contributed by atoms with van der Waals surface area (Å²) in [6.07, 6.45) is 0. The third-order valence-corrected chi connectivity index (χ3v) is 4.36. The van der Waals surface area contributed by atoms with E-state index in [4.69, 9.17) is 5.26 Å². The molecule has 1 aromatic heterocycles. The predicted octanol–water partition coefficient (Wildman–Crippen LogP) is 2.16. The summed E-state index contributed by atoms with van der Waals surface area (Å²) in [6, 6.07) is 3.68. The Hall–Kier alpha value is -1.52. The van der Waals surface area contributed by atoms with Crippen LogP contribution in [0, 0.1) is 11.3 Å². The highest BCUT2D eigenvalue weighted by Gasteiger charge is 2.12. The van der Waals surface area contributed by atoms with Gasteiger partial charge in [0.05, 0.1) is 17.1 Å². The van der Waals surface area contributed by atoms with E-state index in [1.807, 2.05) is 19.9 Å². The van der Waals surface area contributed by atoms with Crippen LogP contribution in [0.25, 0.3) is 0 Å². The van der Waals surface area contributed by atoms with E-state index >= 15 is 0 Å². The molecule has 1 aromatic rings. The highest BCUT2D eigenvalue weighted by molar-refractivity contribution is 8.00. The number of amides is 2. The van der Waals surface area contributed by atoms with Gasteiger partial charge in [0.25, 0.3) is 0 Å². The van der Waals surface area contributed by atoms with Crippen LogP contribution < -0.4 is 5.32 Å². The molecule has 0 saturated heterocycles. The molecule has 0 spiro atoms. The minimum absolute atomic E-state index is 0.0432. The first-order chi connectivity index (χ1) is 9.62. The molecule has 0 aromatic carbocycles. The van der Waals surface area contributed by atoms with Crippen molar-refractivity contribution in [2.75, 3.05) is 29.9 Å². The number of nitrogens with zero attached hydrogens (tertiary/aromatic N) is 2. The van der Waals surface area contributed by atoms with Crippen molar-refractivity contribution in [2.24, 2.45) is 0 Å². The molecule has 0 saturated carbocycles. The lowest BCUT2D eigenvalue weighted by atomic mass is 10.3. The predicted molar refractivity (Wildman–Crippen MR) is 82.9 cm³/mol. The third-order valence-electron chi connectivity index (χ3n) is 2.61. The monoisotopic (exact) mass is 311 g/mol. The van der Waals surface area contributed by atoms with Crippen LogP contribution in [0.5, 0.6) is 0 Å². The van der Waals surface area contributed by atoms with Gasteiger partial charge in [-0.3, -0.25) is 9.59 Å². The van der Waals surface area contributed by atoms with Gasteiger partial charge in [-0.15, -0.1) is 23.1 Å². The zero-order chi connectivity index (χ0) is 15.0. The Kier molecular flexibility index (Phi) is 7.12. The Morgan fingerprint density at radius 1 is 1.40 bits per heavy atom. The number of thiophene rings is 1. The van der Waals surface area contributed by atoms with E-state index in [0.717, 1.165) is 0 Å². The van der Waals surface area contributed by atoms with E-state index in [1.165, 1.54) is 23.1 Å². The topological polar surface area (TPSA) is 73.2 Å². The van der Waals surface area contributed by atoms with Crippen molar-refractivity contribution in [1.29, 1.82) is 5.26 Å². The van der Waals surface area contributed by atoms with E-state index in [0.29, 0.717) is 29.4 Å². The standard InChI is InChI=1S/C13H17N3O2S2/c1-3-16(4-2)12(18)9-19-8-11(17)15-13-10(7-14)5-6-20-13/h5-6H,3-4,8-9H2,1-2H3,(H,15,17). The molecule has 5 nitrogen and oxygen atoms in total. The number of carbonyl (C=O) groups is 2. The van der Waals surface area contributed by atoms with Gasteiger partial charge in [0, 0.05) is 13.1 Å². The second-order valence-corrected chi connectivity index (χ2v) is 5.78. The van der Waals surface area contributed by atoms with Gasteiger partial charge >= 0.3 is 0 Å². The quantitative estimate of drug-likeness (QED) is 0.837. The van der Waals surface area contributed by atoms with Crippen LogP contribution >= 0.6 is 23.1 Å². The van der Waals surface area contributed by atoms with Crippen molar-refractivity contribution < 1.29 is 9.59 Å². The number of hydrogen-bond donors (Lipinski definition) is 1. The van der Waals surface area contributed by atoms with Crippen LogP contribution in [0.4, 0.5) is 5.00 Å². The lowest BCUT2D eigenvalue weighted by Crippen LogP contribution is -2.32. The van der Waals surface area contributed by atoms with Crippen molar-refractivity contribution in [3.05, 3.63) is 17.0 Å². The fourth-order valence-electron chi connectivity index (χ4n) is 1.56. The van der Waals surface area contributed by atoms with Crippen LogP contribution in [-0.2, 0) is 9.59 Å². The highest BCUT2D eigenvalue weighted by Crippen LogP contribution is 2.22. The highest BCUT2D eigenvalue weighted by atomic mass is 32.2. The maximum atomic E-state index is 11.7. The third kappa shape index (κ3) is 4.87. The summed E-state index contributed by atoms with van der Waals surface area (Å²) in [6.45, 7) is 5.23. The van der Waals surface area contributed by atoms with Crippen molar-refractivity contribution in [2.45, 2.75) is 13.8 Å². The van der Waals surface area contributed by atoms with Crippen LogP contribution in [0.15, 0.2) is 11.4 Å². The molecule has 7 heteroatoms. The van der Waals surface area contributed by atoms with Gasteiger partial charge < -0.3 is 10.2 Å². The molecule has 2 amide bonds. The number of rotatable bonds is 7. The van der Waals surface area contributed by atoms with Gasteiger partial charge in [0.1, 0.15) is 11.1 Å². The molecule has 1 rings (SSSR count). The minimum Gasteiger partial charge on any atom is -0.343 e. The van der Waals surface area contributed by atoms with Crippen LogP contribution in [0.1, 0.15) is 19.4 Å². The smallest absolute Gasteiger partial charge is 0.235 e. The number of anilines is 1. The van der Waals surface area contributed by atoms with Gasteiger partial charge in [-0.1, -0.05) is 0 Å². The molecule has 0 fully saturated rings. The first-order valence-electron chi connectivity index (χ1n) is 6.25. The van der Waals surface area contributed by atoms with E-state index in [-0.39, 0.29) is 17.6 Å². The molecule has 0 aliphatic carbocycles. The number of carbonyl (C=O) groups excluding carboxylic acids is 2. The number of thioether (sulfide) groups is 1. The van der Waals surface area contributed by atoms with Gasteiger partial charge in [0.15, 0.2) is 0 Å². The lowest BCUT2D eigenvalue weighted by Gasteiger charge is -2.17. The minimum atomic E-state index is -0.193. The fourth-order valence-corrected chi connectivity index (χ4v) is 3.03. The number of hydrogen-bond acceptors (Lipinski definition) is 5.